The van der Waals surface area contributed by atoms with E-state index >= 15 is 0 Å². The number of hydrogen-bond acceptors (Lipinski definition) is 3. The number of allylic oxidation sites excluding steroid dienone is 2. The molecular formula is C14H28N2O. The lowest BCUT2D eigenvalue weighted by atomic mass is 10.1. The summed E-state index contributed by atoms with van der Waals surface area (Å²) in [5.74, 6) is 1.10. The zero-order chi connectivity index (χ0) is 13.4. The lowest BCUT2D eigenvalue weighted by Gasteiger charge is -2.26. The third kappa shape index (κ3) is 5.35. The van der Waals surface area contributed by atoms with Crippen LogP contribution in [0.4, 0.5) is 0 Å². The number of nitrogens with zero attached hydrogens (tertiary/aromatic N) is 2. The van der Waals surface area contributed by atoms with Crippen LogP contribution in [-0.4, -0.2) is 35.5 Å². The minimum Gasteiger partial charge on any atom is -0.391 e. The van der Waals surface area contributed by atoms with Gasteiger partial charge in [-0.1, -0.05) is 26.3 Å². The standard InChI is InChI=1S/C12H22N2O.C2H6/c1-5-11(15)8-14(4)12-7-6-9(2)10(3)13-12;1-2/h11,15H,5-8H2,1-4H3;1-2H3. The molecule has 1 aliphatic heterocycles. The van der Waals surface area contributed by atoms with Crippen LogP contribution in [0.2, 0.25) is 0 Å². The molecular weight excluding hydrogens is 212 g/mol. The Bertz CT molecular complexity index is 282. The molecule has 0 amide bonds. The van der Waals surface area contributed by atoms with Crippen molar-refractivity contribution in [1.29, 1.82) is 0 Å². The van der Waals surface area contributed by atoms with Crippen LogP contribution in [-0.2, 0) is 0 Å². The fourth-order valence-corrected chi connectivity index (χ4v) is 1.65. The summed E-state index contributed by atoms with van der Waals surface area (Å²) in [4.78, 5) is 6.64. The highest BCUT2D eigenvalue weighted by Gasteiger charge is 2.14. The Labute approximate surface area is 106 Å². The van der Waals surface area contributed by atoms with Gasteiger partial charge in [-0.25, -0.2) is 4.99 Å². The maximum Gasteiger partial charge on any atom is 0.105 e. The summed E-state index contributed by atoms with van der Waals surface area (Å²) in [6.45, 7) is 10.9. The van der Waals surface area contributed by atoms with E-state index in [2.05, 4.69) is 23.7 Å². The second kappa shape index (κ2) is 8.29. The van der Waals surface area contributed by atoms with Gasteiger partial charge in [-0.2, -0.15) is 0 Å². The summed E-state index contributed by atoms with van der Waals surface area (Å²) in [6, 6.07) is 0. The molecule has 100 valence electrons. The number of rotatable bonds is 3. The highest BCUT2D eigenvalue weighted by Crippen LogP contribution is 2.19. The Balaban J connectivity index is 0.00000121. The summed E-state index contributed by atoms with van der Waals surface area (Å²) >= 11 is 0. The van der Waals surface area contributed by atoms with Crippen LogP contribution < -0.4 is 0 Å². The molecule has 0 aromatic rings. The van der Waals surface area contributed by atoms with Crippen LogP contribution in [0.5, 0.6) is 0 Å². The Morgan fingerprint density at radius 1 is 1.29 bits per heavy atom. The number of aliphatic hydroxyl groups excluding tert-OH is 1. The molecule has 0 fully saturated rings. The average Bonchev–Trinajstić information content (AvgIpc) is 2.34. The van der Waals surface area contributed by atoms with E-state index in [-0.39, 0.29) is 6.10 Å². The predicted molar refractivity (Wildman–Crippen MR) is 75.3 cm³/mol. The van der Waals surface area contributed by atoms with E-state index in [0.717, 1.165) is 30.8 Å². The van der Waals surface area contributed by atoms with Gasteiger partial charge in [0.2, 0.25) is 0 Å². The first-order valence-corrected chi connectivity index (χ1v) is 6.67. The van der Waals surface area contributed by atoms with Gasteiger partial charge >= 0.3 is 0 Å². The van der Waals surface area contributed by atoms with E-state index in [1.807, 2.05) is 27.8 Å². The number of aliphatic hydroxyl groups is 1. The van der Waals surface area contributed by atoms with Crippen molar-refractivity contribution < 1.29 is 5.11 Å². The van der Waals surface area contributed by atoms with Gasteiger partial charge in [0.1, 0.15) is 5.84 Å². The first kappa shape index (κ1) is 16.2. The van der Waals surface area contributed by atoms with Gasteiger partial charge in [0.05, 0.1) is 6.10 Å². The molecule has 1 unspecified atom stereocenters. The lowest BCUT2D eigenvalue weighted by Crippen LogP contribution is -2.34. The van der Waals surface area contributed by atoms with Crippen LogP contribution >= 0.6 is 0 Å². The molecule has 1 rings (SSSR count). The normalized spacial score (nSPS) is 17.0. The topological polar surface area (TPSA) is 35.8 Å². The SMILES string of the molecule is CC.CCC(O)CN(C)C1=NC(C)=C(C)CC1. The number of amidine groups is 1. The first-order chi connectivity index (χ1) is 8.04. The minimum atomic E-state index is -0.245. The molecule has 1 aliphatic rings. The molecule has 0 saturated heterocycles. The predicted octanol–water partition coefficient (Wildman–Crippen LogP) is 3.20. The van der Waals surface area contributed by atoms with Crippen LogP contribution in [0.1, 0.15) is 53.9 Å². The van der Waals surface area contributed by atoms with Gasteiger partial charge in [-0.3, -0.25) is 0 Å². The molecule has 0 aromatic carbocycles. The second-order valence-corrected chi connectivity index (χ2v) is 4.34. The zero-order valence-corrected chi connectivity index (χ0v) is 12.2. The Morgan fingerprint density at radius 3 is 2.35 bits per heavy atom. The Kier molecular flexibility index (Phi) is 7.88. The summed E-state index contributed by atoms with van der Waals surface area (Å²) in [5, 5.41) is 9.57. The van der Waals surface area contributed by atoms with Crippen molar-refractivity contribution in [2.45, 2.75) is 60.0 Å². The molecule has 0 spiro atoms. The van der Waals surface area contributed by atoms with Crippen molar-refractivity contribution in [3.63, 3.8) is 0 Å². The molecule has 1 heterocycles. The molecule has 1 N–H and O–H groups in total. The van der Waals surface area contributed by atoms with Gasteiger partial charge in [-0.05, 0) is 26.7 Å². The quantitative estimate of drug-likeness (QED) is 0.822. The van der Waals surface area contributed by atoms with E-state index < -0.39 is 0 Å². The van der Waals surface area contributed by atoms with Crippen LogP contribution in [0.3, 0.4) is 0 Å². The molecule has 0 radical (unpaired) electrons. The molecule has 17 heavy (non-hydrogen) atoms. The van der Waals surface area contributed by atoms with Crippen molar-refractivity contribution in [2.75, 3.05) is 13.6 Å². The molecule has 3 heteroatoms. The zero-order valence-electron chi connectivity index (χ0n) is 12.2. The third-order valence-electron chi connectivity index (χ3n) is 3.03. The van der Waals surface area contributed by atoms with Gasteiger partial charge < -0.3 is 10.0 Å². The van der Waals surface area contributed by atoms with Crippen LogP contribution in [0.25, 0.3) is 0 Å². The lowest BCUT2D eigenvalue weighted by molar-refractivity contribution is 0.145. The van der Waals surface area contributed by atoms with E-state index in [1.165, 1.54) is 5.57 Å². The van der Waals surface area contributed by atoms with Crippen molar-refractivity contribution in [1.82, 2.24) is 4.90 Å². The van der Waals surface area contributed by atoms with E-state index in [9.17, 15) is 5.11 Å². The second-order valence-electron chi connectivity index (χ2n) is 4.34. The maximum absolute atomic E-state index is 9.57. The third-order valence-corrected chi connectivity index (χ3v) is 3.03. The van der Waals surface area contributed by atoms with Gasteiger partial charge in [0, 0.05) is 25.7 Å². The largest absolute Gasteiger partial charge is 0.391 e. The Hall–Kier alpha value is -0.830. The van der Waals surface area contributed by atoms with Crippen LogP contribution in [0, 0.1) is 0 Å². The van der Waals surface area contributed by atoms with Crippen molar-refractivity contribution in [3.8, 4) is 0 Å². The summed E-state index contributed by atoms with van der Waals surface area (Å²) in [6.07, 6.45) is 2.64. The molecule has 0 bridgehead atoms. The van der Waals surface area contributed by atoms with E-state index in [1.54, 1.807) is 0 Å². The van der Waals surface area contributed by atoms with E-state index in [0.29, 0.717) is 6.54 Å². The first-order valence-electron chi connectivity index (χ1n) is 6.67. The van der Waals surface area contributed by atoms with Gasteiger partial charge in [-0.15, -0.1) is 0 Å². The monoisotopic (exact) mass is 240 g/mol. The molecule has 0 saturated carbocycles. The van der Waals surface area contributed by atoms with Crippen molar-refractivity contribution in [3.05, 3.63) is 11.3 Å². The fraction of sp³-hybridized carbons (Fsp3) is 0.786. The van der Waals surface area contributed by atoms with E-state index in [4.69, 9.17) is 0 Å². The van der Waals surface area contributed by atoms with Crippen molar-refractivity contribution >= 4 is 5.84 Å². The molecule has 1 atom stereocenters. The average molecular weight is 240 g/mol. The highest BCUT2D eigenvalue weighted by atomic mass is 16.3. The molecule has 3 nitrogen and oxygen atoms in total. The maximum atomic E-state index is 9.57. The molecule has 0 aliphatic carbocycles. The van der Waals surface area contributed by atoms with Gasteiger partial charge in [0.15, 0.2) is 0 Å². The fourth-order valence-electron chi connectivity index (χ4n) is 1.65. The number of aliphatic imine (C=N–C) groups is 1. The summed E-state index contributed by atoms with van der Waals surface area (Å²) in [5.41, 5.74) is 2.51. The van der Waals surface area contributed by atoms with Crippen LogP contribution in [0.15, 0.2) is 16.3 Å². The summed E-state index contributed by atoms with van der Waals surface area (Å²) in [7, 11) is 2.01. The Morgan fingerprint density at radius 2 is 1.88 bits per heavy atom. The van der Waals surface area contributed by atoms with Gasteiger partial charge in [0.25, 0.3) is 0 Å². The number of hydrogen-bond donors (Lipinski definition) is 1. The smallest absolute Gasteiger partial charge is 0.105 e. The minimum absolute atomic E-state index is 0.245. The van der Waals surface area contributed by atoms with Crippen molar-refractivity contribution in [2.24, 2.45) is 4.99 Å². The summed E-state index contributed by atoms with van der Waals surface area (Å²) < 4.78 is 0. The molecule has 0 aromatic heterocycles. The number of likely N-dealkylation sites (N-methyl/N-ethyl adjacent to an activating group) is 1. The highest BCUT2D eigenvalue weighted by molar-refractivity contribution is 5.84.